The van der Waals surface area contributed by atoms with Crippen molar-refractivity contribution in [3.8, 4) is 16.3 Å². The number of hydrogen-bond donors (Lipinski definition) is 1. The average molecular weight is 320 g/mol. The zero-order chi connectivity index (χ0) is 12.7. The maximum atomic E-state index is 9.72. The lowest BCUT2D eigenvalue weighted by molar-refractivity contribution is 0.472. The minimum Gasteiger partial charge on any atom is -0.507 e. The second kappa shape index (κ2) is 4.37. The molecule has 0 radical (unpaired) electrons. The highest BCUT2D eigenvalue weighted by atomic mass is 79.9. The number of phenols is 1. The Balaban J connectivity index is 2.19. The molecule has 1 aromatic heterocycles. The highest BCUT2D eigenvalue weighted by Crippen LogP contribution is 2.35. The number of halogens is 1. The molecule has 0 amide bonds. The molecular formula is C14H10BrNOS. The van der Waals surface area contributed by atoms with E-state index in [1.807, 2.05) is 18.2 Å². The molecule has 3 aromatic rings. The molecule has 0 saturated heterocycles. The predicted octanol–water partition coefficient (Wildman–Crippen LogP) is 4.74. The number of fused-ring (bicyclic) bond motifs is 1. The van der Waals surface area contributed by atoms with Gasteiger partial charge in [-0.3, -0.25) is 0 Å². The van der Waals surface area contributed by atoms with Gasteiger partial charge in [0.25, 0.3) is 0 Å². The Kier molecular flexibility index (Phi) is 2.84. The molecule has 3 rings (SSSR count). The zero-order valence-electron chi connectivity index (χ0n) is 9.64. The summed E-state index contributed by atoms with van der Waals surface area (Å²) >= 11 is 4.92. The van der Waals surface area contributed by atoms with Crippen molar-refractivity contribution in [1.82, 2.24) is 4.98 Å². The summed E-state index contributed by atoms with van der Waals surface area (Å²) in [5, 5.41) is 10.7. The zero-order valence-corrected chi connectivity index (χ0v) is 12.0. The Morgan fingerprint density at radius 3 is 2.78 bits per heavy atom. The van der Waals surface area contributed by atoms with Gasteiger partial charge >= 0.3 is 0 Å². The van der Waals surface area contributed by atoms with Crippen molar-refractivity contribution in [1.29, 1.82) is 0 Å². The Morgan fingerprint density at radius 1 is 1.22 bits per heavy atom. The molecule has 0 fully saturated rings. The number of hydrogen-bond acceptors (Lipinski definition) is 3. The molecule has 0 bridgehead atoms. The van der Waals surface area contributed by atoms with Gasteiger partial charge < -0.3 is 5.11 Å². The van der Waals surface area contributed by atoms with E-state index in [-0.39, 0.29) is 5.75 Å². The summed E-state index contributed by atoms with van der Waals surface area (Å²) in [5.74, 6) is 0.239. The molecule has 90 valence electrons. The van der Waals surface area contributed by atoms with Gasteiger partial charge in [0.2, 0.25) is 0 Å². The number of para-hydroxylation sites is 1. The number of rotatable bonds is 1. The first-order valence-electron chi connectivity index (χ1n) is 5.50. The summed E-state index contributed by atoms with van der Waals surface area (Å²) in [4.78, 5) is 4.65. The molecule has 0 atom stereocenters. The smallest absolute Gasteiger partial charge is 0.130 e. The van der Waals surface area contributed by atoms with Crippen molar-refractivity contribution in [3.63, 3.8) is 0 Å². The SMILES string of the molecule is Cc1cccc2sc(-c3ccc(Br)c(O)c3)nc12. The van der Waals surface area contributed by atoms with Crippen LogP contribution in [0.15, 0.2) is 40.9 Å². The summed E-state index contributed by atoms with van der Waals surface area (Å²) in [5.41, 5.74) is 3.16. The van der Waals surface area contributed by atoms with E-state index in [4.69, 9.17) is 0 Å². The van der Waals surface area contributed by atoms with Gasteiger partial charge in [-0.2, -0.15) is 0 Å². The lowest BCUT2D eigenvalue weighted by atomic mass is 10.2. The standard InChI is InChI=1S/C14H10BrNOS/c1-8-3-2-4-12-13(8)16-14(18-12)9-5-6-10(15)11(17)7-9/h2-7,17H,1H3. The Labute approximate surface area is 117 Å². The molecule has 0 unspecified atom stereocenters. The van der Waals surface area contributed by atoms with Crippen LogP contribution in [0.4, 0.5) is 0 Å². The number of aromatic nitrogens is 1. The molecule has 0 saturated carbocycles. The van der Waals surface area contributed by atoms with Gasteiger partial charge in [0.1, 0.15) is 10.8 Å². The van der Waals surface area contributed by atoms with E-state index in [2.05, 4.69) is 40.0 Å². The molecule has 18 heavy (non-hydrogen) atoms. The fourth-order valence-electron chi connectivity index (χ4n) is 1.86. The van der Waals surface area contributed by atoms with Crippen LogP contribution in [0.1, 0.15) is 5.56 Å². The van der Waals surface area contributed by atoms with Crippen molar-refractivity contribution in [2.75, 3.05) is 0 Å². The Bertz CT molecular complexity index is 736. The average Bonchev–Trinajstić information content (AvgIpc) is 2.78. The van der Waals surface area contributed by atoms with Crippen LogP contribution in [-0.2, 0) is 0 Å². The first-order chi connectivity index (χ1) is 8.65. The van der Waals surface area contributed by atoms with Crippen LogP contribution in [-0.4, -0.2) is 10.1 Å². The quantitative estimate of drug-likeness (QED) is 0.702. The second-order valence-electron chi connectivity index (χ2n) is 4.11. The van der Waals surface area contributed by atoms with Gasteiger partial charge in [0.15, 0.2) is 0 Å². The third-order valence-electron chi connectivity index (χ3n) is 2.81. The second-order valence-corrected chi connectivity index (χ2v) is 5.99. The molecule has 0 aliphatic carbocycles. The Morgan fingerprint density at radius 2 is 2.06 bits per heavy atom. The number of nitrogens with zero attached hydrogens (tertiary/aromatic N) is 1. The van der Waals surface area contributed by atoms with Crippen LogP contribution in [0.2, 0.25) is 0 Å². The van der Waals surface area contributed by atoms with Crippen molar-refractivity contribution >= 4 is 37.5 Å². The summed E-state index contributed by atoms with van der Waals surface area (Å²) in [6, 6.07) is 11.7. The maximum absolute atomic E-state index is 9.72. The van der Waals surface area contributed by atoms with E-state index in [1.165, 1.54) is 10.3 Å². The van der Waals surface area contributed by atoms with Crippen LogP contribution in [0.5, 0.6) is 5.75 Å². The van der Waals surface area contributed by atoms with E-state index < -0.39 is 0 Å². The molecule has 0 aliphatic rings. The monoisotopic (exact) mass is 319 g/mol. The van der Waals surface area contributed by atoms with E-state index in [0.717, 1.165) is 16.1 Å². The third kappa shape index (κ3) is 1.91. The maximum Gasteiger partial charge on any atom is 0.130 e. The van der Waals surface area contributed by atoms with Crippen LogP contribution in [0.3, 0.4) is 0 Å². The molecule has 0 spiro atoms. The fraction of sp³-hybridized carbons (Fsp3) is 0.0714. The van der Waals surface area contributed by atoms with Crippen molar-refractivity contribution in [2.24, 2.45) is 0 Å². The van der Waals surface area contributed by atoms with Gasteiger partial charge in [0, 0.05) is 5.56 Å². The highest BCUT2D eigenvalue weighted by molar-refractivity contribution is 9.10. The number of aryl methyl sites for hydroxylation is 1. The van der Waals surface area contributed by atoms with Crippen molar-refractivity contribution in [2.45, 2.75) is 6.92 Å². The van der Waals surface area contributed by atoms with E-state index in [9.17, 15) is 5.11 Å². The van der Waals surface area contributed by atoms with Gasteiger partial charge in [0.05, 0.1) is 14.7 Å². The van der Waals surface area contributed by atoms with Crippen molar-refractivity contribution in [3.05, 3.63) is 46.4 Å². The van der Waals surface area contributed by atoms with Crippen LogP contribution >= 0.6 is 27.3 Å². The van der Waals surface area contributed by atoms with Crippen LogP contribution in [0.25, 0.3) is 20.8 Å². The normalized spacial score (nSPS) is 11.0. The van der Waals surface area contributed by atoms with E-state index >= 15 is 0 Å². The predicted molar refractivity (Wildman–Crippen MR) is 79.2 cm³/mol. The first-order valence-corrected chi connectivity index (χ1v) is 7.11. The first kappa shape index (κ1) is 11.7. The van der Waals surface area contributed by atoms with Crippen LogP contribution in [0, 0.1) is 6.92 Å². The highest BCUT2D eigenvalue weighted by Gasteiger charge is 2.09. The molecule has 0 aliphatic heterocycles. The molecule has 1 heterocycles. The minimum absolute atomic E-state index is 0.239. The molecular weight excluding hydrogens is 310 g/mol. The largest absolute Gasteiger partial charge is 0.507 e. The van der Waals surface area contributed by atoms with Gasteiger partial charge in [-0.1, -0.05) is 18.2 Å². The fourth-order valence-corrected chi connectivity index (χ4v) is 3.14. The van der Waals surface area contributed by atoms with Crippen LogP contribution < -0.4 is 0 Å². The third-order valence-corrected chi connectivity index (χ3v) is 4.55. The summed E-state index contributed by atoms with van der Waals surface area (Å²) in [6.45, 7) is 2.06. The van der Waals surface area contributed by atoms with E-state index in [0.29, 0.717) is 4.47 Å². The lowest BCUT2D eigenvalue weighted by Gasteiger charge is -1.99. The van der Waals surface area contributed by atoms with Gasteiger partial charge in [-0.15, -0.1) is 11.3 Å². The summed E-state index contributed by atoms with van der Waals surface area (Å²) < 4.78 is 1.87. The van der Waals surface area contributed by atoms with Gasteiger partial charge in [-0.25, -0.2) is 4.98 Å². The molecule has 2 aromatic carbocycles. The molecule has 1 N–H and O–H groups in total. The summed E-state index contributed by atoms with van der Waals surface area (Å²) in [7, 11) is 0. The number of aromatic hydroxyl groups is 1. The number of benzene rings is 2. The van der Waals surface area contributed by atoms with Crippen molar-refractivity contribution < 1.29 is 5.11 Å². The molecule has 4 heteroatoms. The van der Waals surface area contributed by atoms with Gasteiger partial charge in [-0.05, 0) is 46.6 Å². The Hall–Kier alpha value is -1.39. The minimum atomic E-state index is 0.239. The number of thiazole rings is 1. The topological polar surface area (TPSA) is 33.1 Å². The van der Waals surface area contributed by atoms with E-state index in [1.54, 1.807) is 17.4 Å². The lowest BCUT2D eigenvalue weighted by Crippen LogP contribution is -1.78. The molecule has 2 nitrogen and oxygen atoms in total. The summed E-state index contributed by atoms with van der Waals surface area (Å²) in [6.07, 6.45) is 0. The number of phenolic OH excluding ortho intramolecular Hbond substituents is 1.